The quantitative estimate of drug-likeness (QED) is 0.0343. The van der Waals surface area contributed by atoms with E-state index in [9.17, 15) is 14.4 Å². The maximum Gasteiger partial charge on any atom is 0.306 e. The summed E-state index contributed by atoms with van der Waals surface area (Å²) in [4.78, 5) is 38.1. The second-order valence-electron chi connectivity index (χ2n) is 21.6. The number of rotatable bonds is 54. The van der Waals surface area contributed by atoms with Gasteiger partial charge in [-0.1, -0.05) is 298 Å². The molecule has 392 valence electrons. The highest BCUT2D eigenvalue weighted by molar-refractivity contribution is 5.71. The average Bonchev–Trinajstić information content (AvgIpc) is 3.29. The molecule has 0 aromatic rings. The van der Waals surface area contributed by atoms with E-state index in [1.54, 1.807) is 0 Å². The Kier molecular flexibility index (Phi) is 51.5. The van der Waals surface area contributed by atoms with Crippen LogP contribution in [0.25, 0.3) is 0 Å². The summed E-state index contributed by atoms with van der Waals surface area (Å²) in [6, 6.07) is 0. The van der Waals surface area contributed by atoms with Crippen LogP contribution < -0.4 is 0 Å². The molecule has 0 bridgehead atoms. The van der Waals surface area contributed by atoms with Crippen LogP contribution in [0.5, 0.6) is 0 Å². The minimum absolute atomic E-state index is 0.0625. The molecule has 0 aliphatic carbocycles. The standard InChI is InChI=1S/C60H116O6/c1-6-7-8-9-10-11-12-19-25-30-35-40-45-50-58(61)64-53-57(66-60(63)52-47-42-37-32-27-22-24-29-34-39-44-49-56(4)5)54-65-59(62)51-46-41-36-31-26-21-18-16-14-13-15-17-20-23-28-33-38-43-48-55(2)3/h55-57H,6-54H2,1-5H3/t57-/m1/s1. The molecule has 0 saturated heterocycles. The Balaban J connectivity index is 4.24. The fourth-order valence-corrected chi connectivity index (χ4v) is 9.23. The van der Waals surface area contributed by atoms with Crippen LogP contribution in [-0.2, 0) is 28.6 Å². The van der Waals surface area contributed by atoms with Crippen molar-refractivity contribution in [3.63, 3.8) is 0 Å². The molecule has 0 amide bonds. The van der Waals surface area contributed by atoms with Crippen molar-refractivity contribution < 1.29 is 28.6 Å². The molecule has 66 heavy (non-hydrogen) atoms. The molecule has 0 aromatic carbocycles. The summed E-state index contributed by atoms with van der Waals surface area (Å²) in [5.74, 6) is 0.846. The first kappa shape index (κ1) is 64.4. The summed E-state index contributed by atoms with van der Waals surface area (Å²) < 4.78 is 16.9. The molecular formula is C60H116O6. The van der Waals surface area contributed by atoms with Gasteiger partial charge in [0, 0.05) is 19.3 Å². The molecule has 0 N–H and O–H groups in total. The second-order valence-corrected chi connectivity index (χ2v) is 21.6. The van der Waals surface area contributed by atoms with Gasteiger partial charge in [0.2, 0.25) is 0 Å². The lowest BCUT2D eigenvalue weighted by Gasteiger charge is -2.18. The Morgan fingerprint density at radius 1 is 0.288 bits per heavy atom. The van der Waals surface area contributed by atoms with Gasteiger partial charge >= 0.3 is 17.9 Å². The molecule has 6 nitrogen and oxygen atoms in total. The maximum absolute atomic E-state index is 12.8. The van der Waals surface area contributed by atoms with Crippen molar-refractivity contribution in [1.29, 1.82) is 0 Å². The Labute approximate surface area is 412 Å². The summed E-state index contributed by atoms with van der Waals surface area (Å²) in [5, 5.41) is 0. The lowest BCUT2D eigenvalue weighted by atomic mass is 10.0. The topological polar surface area (TPSA) is 78.9 Å². The summed E-state index contributed by atoms with van der Waals surface area (Å²) >= 11 is 0. The largest absolute Gasteiger partial charge is 0.462 e. The highest BCUT2D eigenvalue weighted by atomic mass is 16.6. The molecule has 0 heterocycles. The van der Waals surface area contributed by atoms with Crippen LogP contribution in [-0.4, -0.2) is 37.2 Å². The Hall–Kier alpha value is -1.59. The van der Waals surface area contributed by atoms with E-state index in [1.807, 2.05) is 0 Å². The zero-order valence-corrected chi connectivity index (χ0v) is 45.3. The fourth-order valence-electron chi connectivity index (χ4n) is 9.23. The van der Waals surface area contributed by atoms with Crippen molar-refractivity contribution in [2.45, 2.75) is 343 Å². The minimum Gasteiger partial charge on any atom is -0.462 e. The molecule has 0 unspecified atom stereocenters. The monoisotopic (exact) mass is 933 g/mol. The van der Waals surface area contributed by atoms with Crippen molar-refractivity contribution in [2.75, 3.05) is 13.2 Å². The van der Waals surface area contributed by atoms with Crippen LogP contribution in [0, 0.1) is 11.8 Å². The number of hydrogen-bond donors (Lipinski definition) is 0. The number of unbranched alkanes of at least 4 members (excludes halogenated alkanes) is 39. The smallest absolute Gasteiger partial charge is 0.306 e. The molecule has 0 aliphatic rings. The maximum atomic E-state index is 12.8. The summed E-state index contributed by atoms with van der Waals surface area (Å²) in [5.41, 5.74) is 0. The number of carbonyl (C=O) groups is 3. The zero-order valence-electron chi connectivity index (χ0n) is 45.3. The molecular weight excluding hydrogens is 817 g/mol. The SMILES string of the molecule is CCCCCCCCCCCCCCCC(=O)OC[C@H](COC(=O)CCCCCCCCCCCCCCCCCCCCC(C)C)OC(=O)CCCCCCCCCCCCCC(C)C. The van der Waals surface area contributed by atoms with Gasteiger partial charge in [-0.3, -0.25) is 14.4 Å². The van der Waals surface area contributed by atoms with Gasteiger partial charge in [0.05, 0.1) is 0 Å². The fraction of sp³-hybridized carbons (Fsp3) is 0.950. The first-order valence-electron chi connectivity index (χ1n) is 29.7. The predicted octanol–water partition coefficient (Wildman–Crippen LogP) is 19.7. The first-order chi connectivity index (χ1) is 32.2. The van der Waals surface area contributed by atoms with Gasteiger partial charge in [-0.05, 0) is 31.1 Å². The van der Waals surface area contributed by atoms with Crippen molar-refractivity contribution >= 4 is 17.9 Å². The summed E-state index contributed by atoms with van der Waals surface area (Å²) in [6.45, 7) is 11.4. The van der Waals surface area contributed by atoms with E-state index >= 15 is 0 Å². The van der Waals surface area contributed by atoms with Gasteiger partial charge in [0.15, 0.2) is 6.10 Å². The normalized spacial score (nSPS) is 12.0. The molecule has 0 aromatic heterocycles. The van der Waals surface area contributed by atoms with E-state index in [2.05, 4.69) is 34.6 Å². The molecule has 0 radical (unpaired) electrons. The highest BCUT2D eigenvalue weighted by Crippen LogP contribution is 2.18. The molecule has 1 atom stereocenters. The zero-order chi connectivity index (χ0) is 48.2. The summed E-state index contributed by atoms with van der Waals surface area (Å²) in [7, 11) is 0. The van der Waals surface area contributed by atoms with Crippen LogP contribution >= 0.6 is 0 Å². The third-order valence-corrected chi connectivity index (χ3v) is 13.7. The van der Waals surface area contributed by atoms with Gasteiger partial charge in [0.1, 0.15) is 13.2 Å². The predicted molar refractivity (Wildman–Crippen MR) is 284 cm³/mol. The number of ether oxygens (including phenoxy) is 3. The third kappa shape index (κ3) is 53.4. The van der Waals surface area contributed by atoms with E-state index < -0.39 is 6.10 Å². The Bertz CT molecular complexity index is 1010. The van der Waals surface area contributed by atoms with Gasteiger partial charge in [-0.2, -0.15) is 0 Å². The van der Waals surface area contributed by atoms with Gasteiger partial charge in [0.25, 0.3) is 0 Å². The van der Waals surface area contributed by atoms with E-state index in [1.165, 1.54) is 225 Å². The second kappa shape index (κ2) is 52.8. The van der Waals surface area contributed by atoms with E-state index in [0.29, 0.717) is 19.3 Å². The third-order valence-electron chi connectivity index (χ3n) is 13.7. The van der Waals surface area contributed by atoms with Crippen molar-refractivity contribution in [3.8, 4) is 0 Å². The minimum atomic E-state index is -0.762. The van der Waals surface area contributed by atoms with E-state index in [0.717, 1.165) is 69.6 Å². The lowest BCUT2D eigenvalue weighted by molar-refractivity contribution is -0.167. The summed E-state index contributed by atoms with van der Waals surface area (Å²) in [6.07, 6.45) is 56.7. The van der Waals surface area contributed by atoms with Crippen LogP contribution in [0.3, 0.4) is 0 Å². The van der Waals surface area contributed by atoms with Crippen molar-refractivity contribution in [1.82, 2.24) is 0 Å². The van der Waals surface area contributed by atoms with Crippen LogP contribution in [0.2, 0.25) is 0 Å². The molecule has 6 heteroatoms. The number of esters is 3. The highest BCUT2D eigenvalue weighted by Gasteiger charge is 2.19. The van der Waals surface area contributed by atoms with Gasteiger partial charge < -0.3 is 14.2 Å². The van der Waals surface area contributed by atoms with E-state index in [-0.39, 0.29) is 31.1 Å². The average molecular weight is 934 g/mol. The molecule has 0 spiro atoms. The molecule has 0 fully saturated rings. The Morgan fingerprint density at radius 3 is 0.742 bits per heavy atom. The molecule has 0 saturated carbocycles. The first-order valence-corrected chi connectivity index (χ1v) is 29.7. The Morgan fingerprint density at radius 2 is 0.500 bits per heavy atom. The molecule has 0 aliphatic heterocycles. The van der Waals surface area contributed by atoms with Crippen LogP contribution in [0.1, 0.15) is 336 Å². The van der Waals surface area contributed by atoms with Crippen molar-refractivity contribution in [2.24, 2.45) is 11.8 Å². The van der Waals surface area contributed by atoms with Gasteiger partial charge in [-0.25, -0.2) is 0 Å². The van der Waals surface area contributed by atoms with Crippen LogP contribution in [0.4, 0.5) is 0 Å². The number of hydrogen-bond acceptors (Lipinski definition) is 6. The lowest BCUT2D eigenvalue weighted by Crippen LogP contribution is -2.30. The van der Waals surface area contributed by atoms with Crippen molar-refractivity contribution in [3.05, 3.63) is 0 Å². The van der Waals surface area contributed by atoms with Gasteiger partial charge in [-0.15, -0.1) is 0 Å². The van der Waals surface area contributed by atoms with E-state index in [4.69, 9.17) is 14.2 Å². The van der Waals surface area contributed by atoms with Crippen LogP contribution in [0.15, 0.2) is 0 Å². The number of carbonyl (C=O) groups excluding carboxylic acids is 3. The molecule has 0 rings (SSSR count).